The molecule has 29 heavy (non-hydrogen) atoms. The van der Waals surface area contributed by atoms with E-state index >= 15 is 0 Å². The summed E-state index contributed by atoms with van der Waals surface area (Å²) in [6, 6.07) is 14.4. The Kier molecular flexibility index (Phi) is 5.62. The van der Waals surface area contributed by atoms with E-state index in [0.29, 0.717) is 11.3 Å². The lowest BCUT2D eigenvalue weighted by Gasteiger charge is -2.25. The molecule has 0 bridgehead atoms. The van der Waals surface area contributed by atoms with Crippen LogP contribution in [0.15, 0.2) is 48.5 Å². The van der Waals surface area contributed by atoms with Crippen molar-refractivity contribution in [3.8, 4) is 5.75 Å². The van der Waals surface area contributed by atoms with Gasteiger partial charge in [0.05, 0.1) is 23.9 Å². The molecule has 4 nitrogen and oxygen atoms in total. The Balaban J connectivity index is 1.55. The summed E-state index contributed by atoms with van der Waals surface area (Å²) in [6.45, 7) is 2.62. The third kappa shape index (κ3) is 4.17. The number of carbonyl (C=O) groups excluding carboxylic acids is 1. The third-order valence-electron chi connectivity index (χ3n) is 5.30. The van der Waals surface area contributed by atoms with E-state index in [2.05, 4.69) is 11.1 Å². The van der Waals surface area contributed by atoms with Crippen LogP contribution >= 0.6 is 11.3 Å². The molecular formula is C23H23FN2O2S. The quantitative estimate of drug-likeness (QED) is 0.583. The monoisotopic (exact) mass is 410 g/mol. The van der Waals surface area contributed by atoms with Gasteiger partial charge in [-0.2, -0.15) is 0 Å². The molecule has 4 rings (SSSR count). The van der Waals surface area contributed by atoms with Gasteiger partial charge in [-0.05, 0) is 55.2 Å². The molecule has 0 spiro atoms. The van der Waals surface area contributed by atoms with E-state index in [1.165, 1.54) is 23.5 Å². The molecule has 1 saturated heterocycles. The van der Waals surface area contributed by atoms with Crippen LogP contribution in [0.5, 0.6) is 5.75 Å². The van der Waals surface area contributed by atoms with Gasteiger partial charge in [0.25, 0.3) is 5.91 Å². The lowest BCUT2D eigenvalue weighted by molar-refractivity contribution is 0.0739. The molecule has 0 N–H and O–H groups in total. The number of nitrogens with zero attached hydrogens (tertiary/aromatic N) is 2. The number of methoxy groups -OCH3 is 1. The topological polar surface area (TPSA) is 42.4 Å². The second-order valence-corrected chi connectivity index (χ2v) is 8.34. The molecular weight excluding hydrogens is 387 g/mol. The summed E-state index contributed by atoms with van der Waals surface area (Å²) in [5.74, 6) is 0.589. The highest BCUT2D eigenvalue weighted by atomic mass is 32.1. The van der Waals surface area contributed by atoms with Gasteiger partial charge in [0, 0.05) is 13.0 Å². The van der Waals surface area contributed by atoms with Crippen molar-refractivity contribution < 1.29 is 13.9 Å². The van der Waals surface area contributed by atoms with Crippen LogP contribution in [0, 0.1) is 12.7 Å². The number of hydrogen-bond donors (Lipinski definition) is 0. The lowest BCUT2D eigenvalue weighted by Crippen LogP contribution is -2.30. The van der Waals surface area contributed by atoms with Gasteiger partial charge in [-0.3, -0.25) is 4.79 Å². The largest absolute Gasteiger partial charge is 0.497 e. The first kappa shape index (κ1) is 19.6. The summed E-state index contributed by atoms with van der Waals surface area (Å²) in [5, 5.41) is 0.870. The fourth-order valence-electron chi connectivity index (χ4n) is 3.84. The van der Waals surface area contributed by atoms with Crippen molar-refractivity contribution in [2.75, 3.05) is 13.7 Å². The second-order valence-electron chi connectivity index (χ2n) is 7.26. The second kappa shape index (κ2) is 8.33. The number of ether oxygens (including phenoxy) is 1. The highest BCUT2D eigenvalue weighted by Crippen LogP contribution is 2.36. The molecule has 1 aromatic heterocycles. The van der Waals surface area contributed by atoms with E-state index in [4.69, 9.17) is 4.74 Å². The lowest BCUT2D eigenvalue weighted by atomic mass is 10.0. The number of amides is 1. The van der Waals surface area contributed by atoms with Crippen LogP contribution in [-0.4, -0.2) is 29.4 Å². The van der Waals surface area contributed by atoms with Crippen LogP contribution in [0.4, 0.5) is 4.39 Å². The van der Waals surface area contributed by atoms with Gasteiger partial charge >= 0.3 is 0 Å². The number of carbonyl (C=O) groups is 1. The summed E-state index contributed by atoms with van der Waals surface area (Å²) in [5.41, 5.74) is 2.84. The Morgan fingerprint density at radius 2 is 2.07 bits per heavy atom. The Labute approximate surface area is 174 Å². The van der Waals surface area contributed by atoms with Gasteiger partial charge in [0.1, 0.15) is 16.4 Å². The number of benzene rings is 2. The van der Waals surface area contributed by atoms with Crippen molar-refractivity contribution >= 4 is 17.2 Å². The van der Waals surface area contributed by atoms with E-state index in [-0.39, 0.29) is 17.8 Å². The van der Waals surface area contributed by atoms with Crippen LogP contribution < -0.4 is 4.74 Å². The minimum atomic E-state index is -0.252. The van der Waals surface area contributed by atoms with Gasteiger partial charge in [-0.1, -0.05) is 24.3 Å². The summed E-state index contributed by atoms with van der Waals surface area (Å²) >= 11 is 1.44. The molecule has 1 aliphatic rings. The predicted octanol–water partition coefficient (Wildman–Crippen LogP) is 5.17. The molecule has 0 saturated carbocycles. The normalized spacial score (nSPS) is 16.2. The third-order valence-corrected chi connectivity index (χ3v) is 6.44. The fraction of sp³-hybridized carbons (Fsp3) is 0.304. The van der Waals surface area contributed by atoms with Crippen LogP contribution in [0.3, 0.4) is 0 Å². The van der Waals surface area contributed by atoms with E-state index < -0.39 is 0 Å². The van der Waals surface area contributed by atoms with Gasteiger partial charge in [-0.25, -0.2) is 9.37 Å². The maximum Gasteiger partial charge on any atom is 0.266 e. The first-order valence-electron chi connectivity index (χ1n) is 9.71. The Morgan fingerprint density at radius 1 is 1.28 bits per heavy atom. The molecule has 0 radical (unpaired) electrons. The fourth-order valence-corrected chi connectivity index (χ4v) is 4.89. The van der Waals surface area contributed by atoms with Gasteiger partial charge in [-0.15, -0.1) is 11.3 Å². The highest BCUT2D eigenvalue weighted by Gasteiger charge is 2.32. The van der Waals surface area contributed by atoms with Gasteiger partial charge in [0.2, 0.25) is 0 Å². The standard InChI is InChI=1S/C23H23FN2O2S/c1-15-22(29-21(25-15)13-16-8-10-18(24)11-9-16)23(27)26-12-4-7-20(26)17-5-3-6-19(14-17)28-2/h3,5-6,8-11,14,20H,4,7,12-13H2,1-2H3. The van der Waals surface area contributed by atoms with Crippen molar-refractivity contribution in [2.24, 2.45) is 0 Å². The first-order valence-corrected chi connectivity index (χ1v) is 10.5. The molecule has 0 aliphatic carbocycles. The number of rotatable bonds is 5. The Morgan fingerprint density at radius 3 is 2.83 bits per heavy atom. The van der Waals surface area contributed by atoms with E-state index in [1.54, 1.807) is 19.2 Å². The molecule has 3 aromatic rings. The van der Waals surface area contributed by atoms with Crippen LogP contribution in [0.25, 0.3) is 0 Å². The Hall–Kier alpha value is -2.73. The Bertz CT molecular complexity index is 1020. The summed E-state index contributed by atoms with van der Waals surface area (Å²) in [4.78, 5) is 20.6. The molecule has 150 valence electrons. The molecule has 2 heterocycles. The summed E-state index contributed by atoms with van der Waals surface area (Å²) < 4.78 is 18.5. The average molecular weight is 411 g/mol. The predicted molar refractivity (Wildman–Crippen MR) is 112 cm³/mol. The zero-order valence-electron chi connectivity index (χ0n) is 16.5. The molecule has 1 amide bonds. The first-order chi connectivity index (χ1) is 14.0. The minimum Gasteiger partial charge on any atom is -0.497 e. The zero-order chi connectivity index (χ0) is 20.4. The van der Waals surface area contributed by atoms with Crippen molar-refractivity contribution in [1.29, 1.82) is 0 Å². The summed E-state index contributed by atoms with van der Waals surface area (Å²) in [7, 11) is 1.65. The number of aromatic nitrogens is 1. The number of aryl methyl sites for hydroxylation is 1. The maximum absolute atomic E-state index is 13.3. The molecule has 1 aliphatic heterocycles. The number of hydrogen-bond acceptors (Lipinski definition) is 4. The maximum atomic E-state index is 13.3. The minimum absolute atomic E-state index is 0.0377. The van der Waals surface area contributed by atoms with E-state index in [9.17, 15) is 9.18 Å². The van der Waals surface area contributed by atoms with E-state index in [1.807, 2.05) is 30.0 Å². The smallest absolute Gasteiger partial charge is 0.266 e. The van der Waals surface area contributed by atoms with Crippen molar-refractivity contribution in [3.05, 3.63) is 81.1 Å². The number of likely N-dealkylation sites (tertiary alicyclic amines) is 1. The average Bonchev–Trinajstić information content (AvgIpc) is 3.36. The van der Waals surface area contributed by atoms with Gasteiger partial charge < -0.3 is 9.64 Å². The van der Waals surface area contributed by atoms with Crippen LogP contribution in [-0.2, 0) is 6.42 Å². The van der Waals surface area contributed by atoms with Crippen molar-refractivity contribution in [1.82, 2.24) is 9.88 Å². The summed E-state index contributed by atoms with van der Waals surface area (Å²) in [6.07, 6.45) is 2.52. The van der Waals surface area contributed by atoms with Crippen LogP contribution in [0.2, 0.25) is 0 Å². The molecule has 1 atom stereocenters. The SMILES string of the molecule is COc1cccc(C2CCCN2C(=O)c2sc(Cc3ccc(F)cc3)nc2C)c1. The van der Waals surface area contributed by atoms with Crippen LogP contribution in [0.1, 0.15) is 50.4 Å². The highest BCUT2D eigenvalue weighted by molar-refractivity contribution is 7.13. The molecule has 1 fully saturated rings. The number of halogens is 1. The molecule has 1 unspecified atom stereocenters. The van der Waals surface area contributed by atoms with Gasteiger partial charge in [0.15, 0.2) is 0 Å². The van der Waals surface area contributed by atoms with Crippen molar-refractivity contribution in [2.45, 2.75) is 32.2 Å². The van der Waals surface area contributed by atoms with E-state index in [0.717, 1.165) is 47.0 Å². The molecule has 6 heteroatoms. The van der Waals surface area contributed by atoms with Crippen molar-refractivity contribution in [3.63, 3.8) is 0 Å². The zero-order valence-corrected chi connectivity index (χ0v) is 17.3. The number of thiazole rings is 1. The molecule has 2 aromatic carbocycles.